The van der Waals surface area contributed by atoms with E-state index in [4.69, 9.17) is 4.74 Å². The summed E-state index contributed by atoms with van der Waals surface area (Å²) in [7, 11) is 0. The highest BCUT2D eigenvalue weighted by Gasteiger charge is 2.39. The summed E-state index contributed by atoms with van der Waals surface area (Å²) in [6, 6.07) is 18.9. The van der Waals surface area contributed by atoms with Gasteiger partial charge in [0.25, 0.3) is 0 Å². The first-order valence-corrected chi connectivity index (χ1v) is 7.96. The number of rotatable bonds is 4. The fraction of sp³-hybridized carbons (Fsp3) is 0.368. The van der Waals surface area contributed by atoms with Gasteiger partial charge in [-0.2, -0.15) is 0 Å². The molecule has 0 amide bonds. The van der Waals surface area contributed by atoms with Crippen LogP contribution in [-0.4, -0.2) is 6.04 Å². The topological polar surface area (TPSA) is 21.3 Å². The summed E-state index contributed by atoms with van der Waals surface area (Å²) in [5.74, 6) is 3.65. The van der Waals surface area contributed by atoms with Crippen molar-refractivity contribution in [2.24, 2.45) is 11.8 Å². The van der Waals surface area contributed by atoms with Crippen molar-refractivity contribution < 1.29 is 4.74 Å². The van der Waals surface area contributed by atoms with Crippen molar-refractivity contribution in [2.45, 2.75) is 31.7 Å². The average Bonchev–Trinajstić information content (AvgIpc) is 3.13. The Bertz CT molecular complexity index is 593. The summed E-state index contributed by atoms with van der Waals surface area (Å²) in [4.78, 5) is 0. The Balaban J connectivity index is 1.40. The predicted octanol–water partition coefficient (Wildman–Crippen LogP) is 5.08. The van der Waals surface area contributed by atoms with Crippen molar-refractivity contribution in [3.63, 3.8) is 0 Å². The summed E-state index contributed by atoms with van der Waals surface area (Å²) in [5, 5.41) is 3.71. The first-order chi connectivity index (χ1) is 10.4. The zero-order valence-corrected chi connectivity index (χ0v) is 12.2. The van der Waals surface area contributed by atoms with Crippen LogP contribution in [0.2, 0.25) is 0 Å². The Kier molecular flexibility index (Phi) is 3.30. The van der Waals surface area contributed by atoms with Gasteiger partial charge in [0.1, 0.15) is 11.5 Å². The van der Waals surface area contributed by atoms with Gasteiger partial charge in [-0.1, -0.05) is 24.6 Å². The third-order valence-corrected chi connectivity index (χ3v) is 4.92. The molecular formula is C19H21NO. The van der Waals surface area contributed by atoms with Crippen molar-refractivity contribution in [2.75, 3.05) is 5.32 Å². The molecule has 2 heteroatoms. The van der Waals surface area contributed by atoms with E-state index in [1.54, 1.807) is 0 Å². The zero-order valence-electron chi connectivity index (χ0n) is 12.2. The fourth-order valence-corrected chi connectivity index (χ4v) is 3.88. The van der Waals surface area contributed by atoms with Gasteiger partial charge < -0.3 is 10.1 Å². The second-order valence-electron chi connectivity index (χ2n) is 6.37. The number of benzene rings is 2. The van der Waals surface area contributed by atoms with Crippen LogP contribution in [0.1, 0.15) is 25.7 Å². The van der Waals surface area contributed by atoms with Gasteiger partial charge in [0, 0.05) is 11.7 Å². The third kappa shape index (κ3) is 2.76. The molecule has 21 heavy (non-hydrogen) atoms. The maximum absolute atomic E-state index is 5.82. The molecule has 2 saturated carbocycles. The van der Waals surface area contributed by atoms with Crippen LogP contribution in [-0.2, 0) is 0 Å². The molecule has 0 spiro atoms. The Morgan fingerprint density at radius 3 is 2.24 bits per heavy atom. The molecule has 2 fully saturated rings. The van der Waals surface area contributed by atoms with Gasteiger partial charge in [0.15, 0.2) is 0 Å². The lowest BCUT2D eigenvalue weighted by Gasteiger charge is -2.24. The van der Waals surface area contributed by atoms with Crippen LogP contribution >= 0.6 is 0 Å². The Morgan fingerprint density at radius 2 is 1.57 bits per heavy atom. The van der Waals surface area contributed by atoms with Gasteiger partial charge >= 0.3 is 0 Å². The van der Waals surface area contributed by atoms with Crippen molar-refractivity contribution in [1.82, 2.24) is 0 Å². The predicted molar refractivity (Wildman–Crippen MR) is 85.8 cm³/mol. The van der Waals surface area contributed by atoms with E-state index in [2.05, 4.69) is 17.4 Å². The normalized spacial score (nSPS) is 26.8. The molecule has 0 aromatic heterocycles. The molecule has 0 saturated heterocycles. The first-order valence-electron chi connectivity index (χ1n) is 7.96. The quantitative estimate of drug-likeness (QED) is 0.842. The molecule has 0 aliphatic heterocycles. The van der Waals surface area contributed by atoms with Gasteiger partial charge in [-0.05, 0) is 67.5 Å². The molecule has 2 aliphatic rings. The molecule has 0 heterocycles. The second-order valence-corrected chi connectivity index (χ2v) is 6.37. The maximum atomic E-state index is 5.82. The van der Waals surface area contributed by atoms with Crippen LogP contribution in [0.5, 0.6) is 11.5 Å². The molecule has 1 N–H and O–H groups in total. The van der Waals surface area contributed by atoms with Crippen LogP contribution in [0.3, 0.4) is 0 Å². The molecule has 4 rings (SSSR count). The molecule has 2 aromatic carbocycles. The number of anilines is 1. The highest BCUT2D eigenvalue weighted by molar-refractivity contribution is 5.48. The fourth-order valence-electron chi connectivity index (χ4n) is 3.88. The second kappa shape index (κ2) is 5.44. The largest absolute Gasteiger partial charge is 0.457 e. The lowest BCUT2D eigenvalue weighted by molar-refractivity contribution is 0.439. The van der Waals surface area contributed by atoms with Crippen molar-refractivity contribution in [3.05, 3.63) is 54.6 Å². The van der Waals surface area contributed by atoms with Crippen molar-refractivity contribution in [3.8, 4) is 11.5 Å². The number of hydrogen-bond acceptors (Lipinski definition) is 2. The Labute approximate surface area is 126 Å². The van der Waals surface area contributed by atoms with Crippen LogP contribution in [0.25, 0.3) is 0 Å². The van der Waals surface area contributed by atoms with Gasteiger partial charge in [-0.15, -0.1) is 0 Å². The Hall–Kier alpha value is -1.96. The molecule has 0 radical (unpaired) electrons. The monoisotopic (exact) mass is 279 g/mol. The van der Waals surface area contributed by atoms with Crippen molar-refractivity contribution >= 4 is 5.69 Å². The Morgan fingerprint density at radius 1 is 0.810 bits per heavy atom. The minimum Gasteiger partial charge on any atom is -0.457 e. The maximum Gasteiger partial charge on any atom is 0.127 e. The van der Waals surface area contributed by atoms with E-state index in [1.165, 1.54) is 31.4 Å². The summed E-state index contributed by atoms with van der Waals surface area (Å²) in [6.45, 7) is 0. The third-order valence-electron chi connectivity index (χ3n) is 4.92. The highest BCUT2D eigenvalue weighted by Crippen LogP contribution is 2.45. The standard InChI is InChI=1S/C19H21NO/c1-2-4-17(5-3-1)21-18-10-8-16(9-11-18)20-19-13-14-6-7-15(19)12-14/h1-5,8-11,14-15,19-20H,6-7,12-13H2. The van der Waals surface area contributed by atoms with Gasteiger partial charge in [0.05, 0.1) is 0 Å². The number of hydrogen-bond donors (Lipinski definition) is 1. The summed E-state index contributed by atoms with van der Waals surface area (Å²) in [6.07, 6.45) is 5.66. The number of para-hydroxylation sites is 1. The van der Waals surface area contributed by atoms with E-state index in [0.29, 0.717) is 6.04 Å². The molecule has 3 unspecified atom stereocenters. The van der Waals surface area contributed by atoms with E-state index in [-0.39, 0.29) is 0 Å². The van der Waals surface area contributed by atoms with E-state index in [0.717, 1.165) is 23.3 Å². The summed E-state index contributed by atoms with van der Waals surface area (Å²) in [5.41, 5.74) is 1.22. The highest BCUT2D eigenvalue weighted by atomic mass is 16.5. The zero-order chi connectivity index (χ0) is 14.1. The van der Waals surface area contributed by atoms with Crippen LogP contribution in [0.4, 0.5) is 5.69 Å². The number of ether oxygens (including phenoxy) is 1. The van der Waals surface area contributed by atoms with E-state index < -0.39 is 0 Å². The van der Waals surface area contributed by atoms with Gasteiger partial charge in [-0.3, -0.25) is 0 Å². The molecule has 3 atom stereocenters. The molecular weight excluding hydrogens is 258 g/mol. The van der Waals surface area contributed by atoms with Crippen molar-refractivity contribution in [1.29, 1.82) is 0 Å². The molecule has 2 nitrogen and oxygen atoms in total. The smallest absolute Gasteiger partial charge is 0.127 e. The van der Waals surface area contributed by atoms with Crippen LogP contribution in [0.15, 0.2) is 54.6 Å². The lowest BCUT2D eigenvalue weighted by atomic mass is 9.95. The van der Waals surface area contributed by atoms with Gasteiger partial charge in [0.2, 0.25) is 0 Å². The molecule has 2 aromatic rings. The number of fused-ring (bicyclic) bond motifs is 2. The molecule has 2 aliphatic carbocycles. The lowest BCUT2D eigenvalue weighted by Crippen LogP contribution is -2.25. The van der Waals surface area contributed by atoms with Crippen LogP contribution in [0, 0.1) is 11.8 Å². The summed E-state index contributed by atoms with van der Waals surface area (Å²) < 4.78 is 5.82. The van der Waals surface area contributed by atoms with E-state index in [1.807, 2.05) is 42.5 Å². The average molecular weight is 279 g/mol. The molecule has 108 valence electrons. The first kappa shape index (κ1) is 12.8. The molecule has 2 bridgehead atoms. The van der Waals surface area contributed by atoms with E-state index >= 15 is 0 Å². The minimum atomic E-state index is 0.685. The number of nitrogens with one attached hydrogen (secondary N) is 1. The van der Waals surface area contributed by atoms with E-state index in [9.17, 15) is 0 Å². The van der Waals surface area contributed by atoms with Gasteiger partial charge in [-0.25, -0.2) is 0 Å². The minimum absolute atomic E-state index is 0.685. The van der Waals surface area contributed by atoms with Crippen LogP contribution < -0.4 is 10.1 Å². The SMILES string of the molecule is c1ccc(Oc2ccc(NC3CC4CCC3C4)cc2)cc1. The summed E-state index contributed by atoms with van der Waals surface area (Å²) >= 11 is 0.